The topological polar surface area (TPSA) is 51.5 Å². The summed E-state index contributed by atoms with van der Waals surface area (Å²) in [6.07, 6.45) is 8.22. The summed E-state index contributed by atoms with van der Waals surface area (Å²) in [5.74, 6) is 0. The van der Waals surface area contributed by atoms with Gasteiger partial charge in [0.25, 0.3) is 0 Å². The molecular formula is C57H36N2OS. The van der Waals surface area contributed by atoms with Crippen molar-refractivity contribution >= 4 is 64.9 Å². The van der Waals surface area contributed by atoms with Gasteiger partial charge in [0.15, 0.2) is 0 Å². The summed E-state index contributed by atoms with van der Waals surface area (Å²) in [4.78, 5) is 5.33. The summed E-state index contributed by atoms with van der Waals surface area (Å²) in [7, 11) is 0. The van der Waals surface area contributed by atoms with Crippen LogP contribution in [0.2, 0.25) is 0 Å². The molecule has 2 N–H and O–H groups in total. The lowest BCUT2D eigenvalue weighted by atomic mass is 9.70. The Kier molecular flexibility index (Phi) is 7.31. The highest BCUT2D eigenvalue weighted by Gasteiger charge is 2.52. The lowest BCUT2D eigenvalue weighted by Crippen LogP contribution is -2.26. The molecule has 0 saturated heterocycles. The summed E-state index contributed by atoms with van der Waals surface area (Å²) in [6.45, 7) is 0.501. The molecule has 0 radical (unpaired) electrons. The zero-order valence-electron chi connectivity index (χ0n) is 33.0. The molecule has 10 aromatic rings. The molecule has 286 valence electrons. The number of fused-ring (bicyclic) bond motifs is 17. The number of hydrogen-bond acceptors (Lipinski definition) is 4. The van der Waals surface area contributed by atoms with Crippen molar-refractivity contribution in [1.29, 1.82) is 0 Å². The standard InChI is InChI=1S/C57H36N2OS/c58-53(45-23-13-22-41-40-21-12-20-36(54(40)60-55(41)45)35-14-2-1-3-15-35)44-19-6-10-26-50(44)59-33-34-28-29-43-49(32-34)57(46-24-8-4-16-37(46)38-17-5-9-25-47(38)57)48-31-30-42-39-18-7-11-27-51(39)61-56(42)52(43)48/h1-32H,33,58H2/b53-44-,59-50-. The maximum Gasteiger partial charge on any atom is 0.144 e. The fourth-order valence-electron chi connectivity index (χ4n) is 10.6. The van der Waals surface area contributed by atoms with Gasteiger partial charge in [-0.25, -0.2) is 0 Å². The molecule has 0 bridgehead atoms. The number of allylic oxidation sites excluding steroid dienone is 5. The molecule has 0 atom stereocenters. The van der Waals surface area contributed by atoms with Gasteiger partial charge in [-0.3, -0.25) is 4.99 Å². The van der Waals surface area contributed by atoms with Gasteiger partial charge in [-0.05, 0) is 68.3 Å². The SMILES string of the molecule is N/C(=C1/C=CC=C/C1=N/Cc1ccc2c(c1)C1(c3ccccc3-c3ccccc31)c1ccc3c(sc4ccccc43)c1-2)c1cccc2c1oc1c(-c3ccccc3)cccc12. The maximum absolute atomic E-state index is 7.19. The third-order valence-electron chi connectivity index (χ3n) is 13.2. The predicted molar refractivity (Wildman–Crippen MR) is 255 cm³/mol. The molecule has 2 heterocycles. The van der Waals surface area contributed by atoms with E-state index in [1.165, 1.54) is 64.7 Å². The summed E-state index contributed by atoms with van der Waals surface area (Å²) in [5, 5.41) is 4.75. The molecule has 0 aliphatic heterocycles. The van der Waals surface area contributed by atoms with E-state index >= 15 is 0 Å². The first-order valence-corrected chi connectivity index (χ1v) is 21.7. The fourth-order valence-corrected chi connectivity index (χ4v) is 11.8. The van der Waals surface area contributed by atoms with Gasteiger partial charge < -0.3 is 10.2 Å². The van der Waals surface area contributed by atoms with Crippen molar-refractivity contribution in [1.82, 2.24) is 0 Å². The van der Waals surface area contributed by atoms with E-state index in [1.807, 2.05) is 29.6 Å². The molecule has 3 aliphatic rings. The van der Waals surface area contributed by atoms with Crippen LogP contribution in [0.1, 0.15) is 33.4 Å². The van der Waals surface area contributed by atoms with E-state index < -0.39 is 5.41 Å². The van der Waals surface area contributed by atoms with Crippen LogP contribution in [0.4, 0.5) is 0 Å². The number of nitrogens with zero attached hydrogens (tertiary/aromatic N) is 1. The number of hydrogen-bond donors (Lipinski definition) is 1. The molecule has 61 heavy (non-hydrogen) atoms. The summed E-state index contributed by atoms with van der Waals surface area (Å²) < 4.78 is 9.43. The number of thiophene rings is 1. The minimum Gasteiger partial charge on any atom is -0.455 e. The van der Waals surface area contributed by atoms with Crippen LogP contribution in [0.5, 0.6) is 0 Å². The molecule has 3 aliphatic carbocycles. The Morgan fingerprint density at radius 1 is 0.541 bits per heavy atom. The molecule has 2 aromatic heterocycles. The minimum atomic E-state index is -0.444. The second kappa shape index (κ2) is 13.0. The number of furan rings is 1. The van der Waals surface area contributed by atoms with Crippen molar-refractivity contribution in [2.24, 2.45) is 10.7 Å². The van der Waals surface area contributed by atoms with E-state index in [-0.39, 0.29) is 0 Å². The quantitative estimate of drug-likeness (QED) is 0.193. The van der Waals surface area contributed by atoms with Gasteiger partial charge in [0.2, 0.25) is 0 Å². The first-order valence-electron chi connectivity index (χ1n) is 20.9. The van der Waals surface area contributed by atoms with Crippen molar-refractivity contribution < 1.29 is 4.42 Å². The average Bonchev–Trinajstić information content (AvgIpc) is 4.06. The third-order valence-corrected chi connectivity index (χ3v) is 14.4. The predicted octanol–water partition coefficient (Wildman–Crippen LogP) is 14.4. The molecule has 0 amide bonds. The molecular weight excluding hydrogens is 761 g/mol. The fraction of sp³-hybridized carbons (Fsp3) is 0.0351. The van der Waals surface area contributed by atoms with Gasteiger partial charge >= 0.3 is 0 Å². The first-order chi connectivity index (χ1) is 30.2. The lowest BCUT2D eigenvalue weighted by molar-refractivity contribution is 0.668. The molecule has 8 aromatic carbocycles. The van der Waals surface area contributed by atoms with Crippen LogP contribution in [0.25, 0.3) is 81.2 Å². The van der Waals surface area contributed by atoms with Gasteiger partial charge in [0.1, 0.15) is 11.2 Å². The zero-order valence-corrected chi connectivity index (χ0v) is 33.8. The van der Waals surface area contributed by atoms with Gasteiger partial charge in [0, 0.05) is 53.2 Å². The van der Waals surface area contributed by atoms with Gasteiger partial charge in [-0.2, -0.15) is 0 Å². The molecule has 0 fully saturated rings. The first kappa shape index (κ1) is 34.3. The van der Waals surface area contributed by atoms with Crippen LogP contribution < -0.4 is 5.73 Å². The van der Waals surface area contributed by atoms with Crippen LogP contribution in [-0.4, -0.2) is 5.71 Å². The smallest absolute Gasteiger partial charge is 0.144 e. The van der Waals surface area contributed by atoms with Gasteiger partial charge in [0.05, 0.1) is 23.4 Å². The number of aliphatic imine (C=N–C) groups is 1. The highest BCUT2D eigenvalue weighted by Crippen LogP contribution is 2.64. The van der Waals surface area contributed by atoms with E-state index in [0.717, 1.165) is 55.5 Å². The van der Waals surface area contributed by atoms with E-state index in [2.05, 4.69) is 176 Å². The minimum absolute atomic E-state index is 0.444. The van der Waals surface area contributed by atoms with Crippen LogP contribution in [0, 0.1) is 0 Å². The van der Waals surface area contributed by atoms with Crippen molar-refractivity contribution in [3.05, 3.63) is 233 Å². The van der Waals surface area contributed by atoms with Crippen molar-refractivity contribution in [2.45, 2.75) is 12.0 Å². The van der Waals surface area contributed by atoms with Gasteiger partial charge in [-0.15, -0.1) is 11.3 Å². The molecule has 0 unspecified atom stereocenters. The lowest BCUT2D eigenvalue weighted by Gasteiger charge is -2.30. The molecule has 1 spiro atoms. The van der Waals surface area contributed by atoms with E-state index in [1.54, 1.807) is 0 Å². The van der Waals surface area contributed by atoms with Crippen LogP contribution in [0.3, 0.4) is 0 Å². The van der Waals surface area contributed by atoms with E-state index in [9.17, 15) is 0 Å². The Morgan fingerprint density at radius 3 is 2.07 bits per heavy atom. The number of benzene rings is 8. The van der Waals surface area contributed by atoms with E-state index in [0.29, 0.717) is 12.2 Å². The van der Waals surface area contributed by atoms with Crippen LogP contribution >= 0.6 is 11.3 Å². The largest absolute Gasteiger partial charge is 0.455 e. The summed E-state index contributed by atoms with van der Waals surface area (Å²) >= 11 is 1.91. The second-order valence-electron chi connectivity index (χ2n) is 16.3. The average molecular weight is 797 g/mol. The number of rotatable bonds is 4. The Labute approximate surface area is 356 Å². The normalized spacial score (nSPS) is 15.9. The zero-order chi connectivity index (χ0) is 40.2. The van der Waals surface area contributed by atoms with Gasteiger partial charge in [-0.1, -0.05) is 176 Å². The van der Waals surface area contributed by atoms with Crippen molar-refractivity contribution in [3.8, 4) is 33.4 Å². The van der Waals surface area contributed by atoms with E-state index in [4.69, 9.17) is 15.1 Å². The highest BCUT2D eigenvalue weighted by atomic mass is 32.1. The summed E-state index contributed by atoms with van der Waals surface area (Å²) in [5.41, 5.74) is 25.6. The van der Waals surface area contributed by atoms with Crippen molar-refractivity contribution in [3.63, 3.8) is 0 Å². The Bertz CT molecular complexity index is 3590. The molecule has 4 heteroatoms. The van der Waals surface area contributed by atoms with Crippen LogP contribution in [-0.2, 0) is 12.0 Å². The Balaban J connectivity index is 0.957. The molecule has 13 rings (SSSR count). The number of nitrogens with two attached hydrogens (primary N) is 1. The summed E-state index contributed by atoms with van der Waals surface area (Å²) in [6, 6.07) is 61.7. The number of para-hydroxylation sites is 2. The van der Waals surface area contributed by atoms with Crippen molar-refractivity contribution in [2.75, 3.05) is 0 Å². The highest BCUT2D eigenvalue weighted by molar-refractivity contribution is 7.26. The third kappa shape index (κ3) is 4.77. The Hall–Kier alpha value is -7.53. The van der Waals surface area contributed by atoms with Crippen LogP contribution in [0.15, 0.2) is 209 Å². The maximum atomic E-state index is 7.19. The monoisotopic (exact) mass is 796 g/mol. The molecule has 0 saturated carbocycles. The second-order valence-corrected chi connectivity index (χ2v) is 17.3. The Morgan fingerprint density at radius 2 is 1.23 bits per heavy atom. The molecule has 3 nitrogen and oxygen atoms in total.